The summed E-state index contributed by atoms with van der Waals surface area (Å²) in [4.78, 5) is 11.2. The average molecular weight is 189 g/mol. The number of carbonyl (C=O) groups excluding carboxylic acids is 1. The van der Waals surface area contributed by atoms with Crippen LogP contribution in [0.3, 0.4) is 0 Å². The first kappa shape index (κ1) is 10.4. The number of esters is 1. The van der Waals surface area contributed by atoms with Gasteiger partial charge in [0.1, 0.15) is 12.1 Å². The van der Waals surface area contributed by atoms with Crippen LogP contribution in [0.2, 0.25) is 0 Å². The van der Waals surface area contributed by atoms with E-state index in [0.717, 1.165) is 0 Å². The first-order valence-electron chi connectivity index (χ1n) is 4.33. The largest absolute Gasteiger partial charge is 0.459 e. The quantitative estimate of drug-likeness (QED) is 0.558. The van der Waals surface area contributed by atoms with Crippen molar-refractivity contribution < 1.29 is 19.4 Å². The van der Waals surface area contributed by atoms with Crippen LogP contribution in [0, 0.1) is 0 Å². The summed E-state index contributed by atoms with van der Waals surface area (Å²) in [5.74, 6) is -0.564. The highest BCUT2D eigenvalue weighted by atomic mass is 16.6. The van der Waals surface area contributed by atoms with Gasteiger partial charge in [-0.25, -0.2) is 0 Å². The first-order chi connectivity index (χ1) is 6.11. The molecule has 0 aromatic rings. The van der Waals surface area contributed by atoms with Crippen LogP contribution in [0.4, 0.5) is 0 Å². The molecule has 1 saturated heterocycles. The maximum Gasteiger partial charge on any atom is 0.325 e. The maximum atomic E-state index is 11.2. The van der Waals surface area contributed by atoms with E-state index in [0.29, 0.717) is 19.6 Å². The second-order valence-corrected chi connectivity index (χ2v) is 3.19. The fourth-order valence-corrected chi connectivity index (χ4v) is 1.05. The predicted octanol–water partition coefficient (Wildman–Crippen LogP) is -0.973. The topological polar surface area (TPSA) is 81.8 Å². The molecular weight excluding hydrogens is 174 g/mol. The van der Waals surface area contributed by atoms with Crippen LogP contribution in [0.15, 0.2) is 0 Å². The van der Waals surface area contributed by atoms with E-state index in [1.165, 1.54) is 6.92 Å². The number of nitrogens with two attached hydrogens (primary N) is 1. The van der Waals surface area contributed by atoms with Crippen molar-refractivity contribution in [2.45, 2.75) is 31.6 Å². The highest BCUT2D eigenvalue weighted by Crippen LogP contribution is 2.09. The fraction of sp³-hybridized carbons (Fsp3) is 0.875. The van der Waals surface area contributed by atoms with Crippen molar-refractivity contribution >= 4 is 5.97 Å². The van der Waals surface area contributed by atoms with Gasteiger partial charge in [-0.1, -0.05) is 0 Å². The lowest BCUT2D eigenvalue weighted by Crippen LogP contribution is -2.42. The number of aliphatic hydroxyl groups excluding tert-OH is 1. The minimum atomic E-state index is -0.958. The predicted molar refractivity (Wildman–Crippen MR) is 45.0 cm³/mol. The van der Waals surface area contributed by atoms with Crippen LogP contribution in [-0.2, 0) is 14.3 Å². The van der Waals surface area contributed by atoms with Gasteiger partial charge in [-0.3, -0.25) is 4.79 Å². The summed E-state index contributed by atoms with van der Waals surface area (Å²) in [5, 5.41) is 9.01. The van der Waals surface area contributed by atoms with E-state index >= 15 is 0 Å². The Hall–Kier alpha value is -0.650. The fourth-order valence-electron chi connectivity index (χ4n) is 1.05. The summed E-state index contributed by atoms with van der Waals surface area (Å²) in [6, 6.07) is -0.958. The van der Waals surface area contributed by atoms with Crippen molar-refractivity contribution in [3.63, 3.8) is 0 Å². The number of carbonyl (C=O) groups is 1. The van der Waals surface area contributed by atoms with Gasteiger partial charge in [-0.05, 0) is 6.92 Å². The SMILES string of the molecule is CC(O)C(N)C(=O)O[C@H]1CCOC1. The van der Waals surface area contributed by atoms with Gasteiger partial charge in [0, 0.05) is 6.42 Å². The summed E-state index contributed by atoms with van der Waals surface area (Å²) in [5.41, 5.74) is 5.37. The van der Waals surface area contributed by atoms with Crippen LogP contribution in [0.5, 0.6) is 0 Å². The molecule has 3 atom stereocenters. The zero-order valence-electron chi connectivity index (χ0n) is 7.60. The lowest BCUT2D eigenvalue weighted by atomic mass is 10.2. The molecule has 0 aliphatic carbocycles. The molecule has 1 fully saturated rings. The Balaban J connectivity index is 2.31. The molecule has 1 aliphatic heterocycles. The molecule has 5 nitrogen and oxygen atoms in total. The molecule has 1 aliphatic rings. The summed E-state index contributed by atoms with van der Waals surface area (Å²) in [6.07, 6.45) is -0.370. The Kier molecular flexibility index (Phi) is 3.65. The third-order valence-electron chi connectivity index (χ3n) is 1.96. The van der Waals surface area contributed by atoms with Crippen molar-refractivity contribution in [3.05, 3.63) is 0 Å². The van der Waals surface area contributed by atoms with Gasteiger partial charge in [0.2, 0.25) is 0 Å². The van der Waals surface area contributed by atoms with E-state index in [2.05, 4.69) is 0 Å². The van der Waals surface area contributed by atoms with E-state index in [1.807, 2.05) is 0 Å². The molecule has 1 rings (SSSR count). The molecule has 76 valence electrons. The molecule has 2 unspecified atom stereocenters. The monoisotopic (exact) mass is 189 g/mol. The van der Waals surface area contributed by atoms with Crippen LogP contribution in [0.25, 0.3) is 0 Å². The van der Waals surface area contributed by atoms with Crippen LogP contribution < -0.4 is 5.73 Å². The van der Waals surface area contributed by atoms with Gasteiger partial charge < -0.3 is 20.3 Å². The highest BCUT2D eigenvalue weighted by Gasteiger charge is 2.25. The molecule has 0 aromatic heterocycles. The Bertz CT molecular complexity index is 177. The van der Waals surface area contributed by atoms with Crippen molar-refractivity contribution in [2.75, 3.05) is 13.2 Å². The Labute approximate surface area is 76.8 Å². The Morgan fingerprint density at radius 1 is 1.77 bits per heavy atom. The standard InChI is InChI=1S/C8H15NO4/c1-5(10)7(9)8(11)13-6-2-3-12-4-6/h5-7,10H,2-4,9H2,1H3/t5?,6-,7?/m0/s1. The molecule has 0 radical (unpaired) electrons. The van der Waals surface area contributed by atoms with E-state index < -0.39 is 18.1 Å². The van der Waals surface area contributed by atoms with Crippen LogP contribution in [0.1, 0.15) is 13.3 Å². The molecule has 0 saturated carbocycles. The van der Waals surface area contributed by atoms with Crippen molar-refractivity contribution in [2.24, 2.45) is 5.73 Å². The van der Waals surface area contributed by atoms with Gasteiger partial charge in [0.05, 0.1) is 19.3 Å². The summed E-state index contributed by atoms with van der Waals surface area (Å²) in [7, 11) is 0. The van der Waals surface area contributed by atoms with Gasteiger partial charge in [-0.15, -0.1) is 0 Å². The molecule has 0 bridgehead atoms. The maximum absolute atomic E-state index is 11.2. The van der Waals surface area contributed by atoms with Crippen molar-refractivity contribution in [1.29, 1.82) is 0 Å². The van der Waals surface area contributed by atoms with E-state index in [9.17, 15) is 4.79 Å². The molecular formula is C8H15NO4. The normalized spacial score (nSPS) is 26.8. The zero-order chi connectivity index (χ0) is 9.84. The molecule has 0 amide bonds. The second kappa shape index (κ2) is 4.55. The third kappa shape index (κ3) is 2.95. The summed E-state index contributed by atoms with van der Waals surface area (Å²) >= 11 is 0. The molecule has 3 N–H and O–H groups in total. The minimum absolute atomic E-state index is 0.197. The number of hydrogen-bond donors (Lipinski definition) is 2. The average Bonchev–Trinajstić information content (AvgIpc) is 2.55. The van der Waals surface area contributed by atoms with E-state index in [4.69, 9.17) is 20.3 Å². The molecule has 0 aromatic carbocycles. The Morgan fingerprint density at radius 2 is 2.46 bits per heavy atom. The summed E-state index contributed by atoms with van der Waals surface area (Å²) < 4.78 is 10.0. The lowest BCUT2D eigenvalue weighted by molar-refractivity contribution is -0.153. The van der Waals surface area contributed by atoms with Crippen LogP contribution >= 0.6 is 0 Å². The van der Waals surface area contributed by atoms with Gasteiger partial charge in [0.25, 0.3) is 0 Å². The number of rotatable bonds is 3. The smallest absolute Gasteiger partial charge is 0.325 e. The van der Waals surface area contributed by atoms with Crippen molar-refractivity contribution in [3.8, 4) is 0 Å². The molecule has 1 heterocycles. The third-order valence-corrected chi connectivity index (χ3v) is 1.96. The number of ether oxygens (including phenoxy) is 2. The molecule has 13 heavy (non-hydrogen) atoms. The lowest BCUT2D eigenvalue weighted by Gasteiger charge is -2.16. The van der Waals surface area contributed by atoms with Gasteiger partial charge >= 0.3 is 5.97 Å². The van der Waals surface area contributed by atoms with Crippen LogP contribution in [-0.4, -0.2) is 42.5 Å². The second-order valence-electron chi connectivity index (χ2n) is 3.19. The highest BCUT2D eigenvalue weighted by molar-refractivity contribution is 5.76. The first-order valence-corrected chi connectivity index (χ1v) is 4.33. The molecule has 5 heteroatoms. The van der Waals surface area contributed by atoms with E-state index in [1.54, 1.807) is 0 Å². The molecule has 0 spiro atoms. The number of aliphatic hydroxyl groups is 1. The summed E-state index contributed by atoms with van der Waals surface area (Å²) in [6.45, 7) is 2.50. The Morgan fingerprint density at radius 3 is 2.92 bits per heavy atom. The van der Waals surface area contributed by atoms with Gasteiger partial charge in [-0.2, -0.15) is 0 Å². The van der Waals surface area contributed by atoms with E-state index in [-0.39, 0.29) is 6.10 Å². The minimum Gasteiger partial charge on any atom is -0.459 e. The zero-order valence-corrected chi connectivity index (χ0v) is 7.60. The van der Waals surface area contributed by atoms with Gasteiger partial charge in [0.15, 0.2) is 0 Å². The van der Waals surface area contributed by atoms with Crippen molar-refractivity contribution in [1.82, 2.24) is 0 Å². The number of hydrogen-bond acceptors (Lipinski definition) is 5.